The van der Waals surface area contributed by atoms with E-state index in [0.29, 0.717) is 6.42 Å². The van der Waals surface area contributed by atoms with Crippen LogP contribution in [-0.2, 0) is 14.3 Å². The van der Waals surface area contributed by atoms with Gasteiger partial charge in [0.15, 0.2) is 6.29 Å². The molecular weight excluding hydrogens is 1010 g/mol. The molecule has 1 heterocycles. The van der Waals surface area contributed by atoms with Crippen molar-refractivity contribution in [2.45, 2.75) is 403 Å². The van der Waals surface area contributed by atoms with Crippen molar-refractivity contribution in [1.82, 2.24) is 5.32 Å². The average molecular weight is 1140 g/mol. The second kappa shape index (κ2) is 61.5. The number of allylic oxidation sites excluding steroid dienone is 5. The van der Waals surface area contributed by atoms with E-state index in [1.165, 1.54) is 295 Å². The van der Waals surface area contributed by atoms with E-state index in [1.54, 1.807) is 6.08 Å². The summed E-state index contributed by atoms with van der Waals surface area (Å²) < 4.78 is 11.3. The maximum atomic E-state index is 13.1. The molecule has 0 aromatic rings. The van der Waals surface area contributed by atoms with Gasteiger partial charge in [0, 0.05) is 6.42 Å². The number of hydrogen-bond acceptors (Lipinski definition) is 8. The van der Waals surface area contributed by atoms with Crippen LogP contribution >= 0.6 is 0 Å². The van der Waals surface area contributed by atoms with Gasteiger partial charge in [-0.3, -0.25) is 4.79 Å². The minimum Gasteiger partial charge on any atom is -0.394 e. The van der Waals surface area contributed by atoms with E-state index < -0.39 is 49.5 Å². The number of ether oxygens (including phenoxy) is 2. The number of aliphatic hydroxyl groups is 5. The van der Waals surface area contributed by atoms with Crippen LogP contribution in [0, 0.1) is 0 Å². The highest BCUT2D eigenvalue weighted by atomic mass is 16.7. The van der Waals surface area contributed by atoms with Gasteiger partial charge in [-0.1, -0.05) is 346 Å². The first kappa shape index (κ1) is 77.4. The van der Waals surface area contributed by atoms with E-state index in [1.807, 2.05) is 6.08 Å². The summed E-state index contributed by atoms with van der Waals surface area (Å²) in [5, 5.41) is 54.7. The van der Waals surface area contributed by atoms with Gasteiger partial charge in [-0.05, 0) is 44.9 Å². The molecule has 6 N–H and O–H groups in total. The normalized spacial score (nSPS) is 18.5. The summed E-state index contributed by atoms with van der Waals surface area (Å²) in [5.41, 5.74) is 0. The number of hydrogen-bond donors (Lipinski definition) is 6. The highest BCUT2D eigenvalue weighted by Gasteiger charge is 2.44. The quantitative estimate of drug-likeness (QED) is 0.0261. The molecule has 7 unspecified atom stereocenters. The minimum atomic E-state index is -1.57. The summed E-state index contributed by atoms with van der Waals surface area (Å²) in [6.07, 6.45) is 75.6. The van der Waals surface area contributed by atoms with Crippen LogP contribution < -0.4 is 5.32 Å². The lowest BCUT2D eigenvalue weighted by Crippen LogP contribution is -2.60. The van der Waals surface area contributed by atoms with Crippen molar-refractivity contribution in [1.29, 1.82) is 0 Å². The molecule has 478 valence electrons. The zero-order chi connectivity index (χ0) is 58.6. The predicted molar refractivity (Wildman–Crippen MR) is 346 cm³/mol. The standard InChI is InChI=1S/C72H137NO8/c1-3-5-7-9-11-13-15-17-19-21-23-25-27-28-29-30-31-32-33-34-35-36-37-38-40-42-44-46-48-50-52-54-56-58-60-62-68(76)73-65(64-80-72-71(79)70(78)69(77)67(63-74)81-72)66(75)61-59-57-55-53-51-49-47-45-43-41-39-26-24-22-20-18-16-14-12-10-8-6-4-2/h43,45,51,53,59,61,65-67,69-72,74-75,77-79H,3-42,44,46-50,52,54-58,60,62-64H2,1-2H3,(H,73,76)/b45-43+,53-51+,61-59+. The molecule has 9 nitrogen and oxygen atoms in total. The van der Waals surface area contributed by atoms with Crippen molar-refractivity contribution in [3.8, 4) is 0 Å². The monoisotopic (exact) mass is 1140 g/mol. The third kappa shape index (κ3) is 50.3. The Labute approximate surface area is 501 Å². The molecule has 0 radical (unpaired) electrons. The lowest BCUT2D eigenvalue weighted by atomic mass is 9.99. The fourth-order valence-electron chi connectivity index (χ4n) is 11.6. The third-order valence-corrected chi connectivity index (χ3v) is 17.2. The first-order chi connectivity index (χ1) is 39.8. The van der Waals surface area contributed by atoms with E-state index in [2.05, 4.69) is 43.5 Å². The summed E-state index contributed by atoms with van der Waals surface area (Å²) in [6.45, 7) is 3.81. The van der Waals surface area contributed by atoms with Crippen LogP contribution in [0.15, 0.2) is 36.5 Å². The molecule has 81 heavy (non-hydrogen) atoms. The van der Waals surface area contributed by atoms with Crippen molar-refractivity contribution < 1.29 is 39.8 Å². The summed E-state index contributed by atoms with van der Waals surface area (Å²) in [7, 11) is 0. The van der Waals surface area contributed by atoms with Crippen LogP contribution in [-0.4, -0.2) is 87.5 Å². The Kier molecular flexibility index (Phi) is 58.8. The van der Waals surface area contributed by atoms with Gasteiger partial charge < -0.3 is 40.3 Å². The summed E-state index contributed by atoms with van der Waals surface area (Å²) >= 11 is 0. The molecule has 0 bridgehead atoms. The van der Waals surface area contributed by atoms with Gasteiger partial charge in [0.2, 0.25) is 5.91 Å². The molecule has 1 rings (SSSR count). The third-order valence-electron chi connectivity index (χ3n) is 17.2. The van der Waals surface area contributed by atoms with Gasteiger partial charge in [-0.25, -0.2) is 0 Å². The second-order valence-electron chi connectivity index (χ2n) is 25.0. The maximum absolute atomic E-state index is 13.1. The number of carbonyl (C=O) groups is 1. The molecule has 1 amide bonds. The lowest BCUT2D eigenvalue weighted by Gasteiger charge is -2.40. The molecule has 7 atom stereocenters. The van der Waals surface area contributed by atoms with Crippen LogP contribution in [0.5, 0.6) is 0 Å². The Morgan fingerprint density at radius 2 is 0.704 bits per heavy atom. The van der Waals surface area contributed by atoms with E-state index in [-0.39, 0.29) is 12.5 Å². The van der Waals surface area contributed by atoms with Crippen LogP contribution in [0.2, 0.25) is 0 Å². The van der Waals surface area contributed by atoms with Gasteiger partial charge in [0.1, 0.15) is 24.4 Å². The molecule has 1 aliphatic heterocycles. The Morgan fingerprint density at radius 3 is 1.04 bits per heavy atom. The van der Waals surface area contributed by atoms with Crippen molar-refractivity contribution >= 4 is 5.91 Å². The minimum absolute atomic E-state index is 0.183. The average Bonchev–Trinajstić information content (AvgIpc) is 3.47. The summed E-state index contributed by atoms with van der Waals surface area (Å²) in [5.74, 6) is -0.183. The van der Waals surface area contributed by atoms with E-state index in [0.717, 1.165) is 44.9 Å². The number of unbranched alkanes of at least 4 members (excludes halogenated alkanes) is 49. The summed E-state index contributed by atoms with van der Waals surface area (Å²) in [6, 6.07) is -0.828. The van der Waals surface area contributed by atoms with Crippen LogP contribution in [0.25, 0.3) is 0 Å². The predicted octanol–water partition coefficient (Wildman–Crippen LogP) is 19.4. The van der Waals surface area contributed by atoms with Crippen molar-refractivity contribution in [2.75, 3.05) is 13.2 Å². The Morgan fingerprint density at radius 1 is 0.407 bits per heavy atom. The van der Waals surface area contributed by atoms with Crippen LogP contribution in [0.1, 0.15) is 361 Å². The molecule has 0 aromatic carbocycles. The molecule has 9 heteroatoms. The Balaban J connectivity index is 2.11. The Hall–Kier alpha value is -1.59. The number of rotatable bonds is 63. The lowest BCUT2D eigenvalue weighted by molar-refractivity contribution is -0.302. The van der Waals surface area contributed by atoms with Gasteiger partial charge in [0.25, 0.3) is 0 Å². The van der Waals surface area contributed by atoms with Gasteiger partial charge in [0.05, 0.1) is 25.4 Å². The van der Waals surface area contributed by atoms with E-state index in [9.17, 15) is 30.3 Å². The fraction of sp³-hybridized carbons (Fsp3) is 0.903. The molecule has 0 aromatic heterocycles. The van der Waals surface area contributed by atoms with Gasteiger partial charge in [-0.2, -0.15) is 0 Å². The first-order valence-corrected chi connectivity index (χ1v) is 35.7. The zero-order valence-corrected chi connectivity index (χ0v) is 53.6. The molecule has 1 fully saturated rings. The van der Waals surface area contributed by atoms with Gasteiger partial charge in [-0.15, -0.1) is 0 Å². The van der Waals surface area contributed by atoms with E-state index in [4.69, 9.17) is 9.47 Å². The fourth-order valence-corrected chi connectivity index (χ4v) is 11.6. The SMILES string of the molecule is CCCCCCCCCCCCCCC/C=C/CC/C=C/CC/C=C/C(O)C(COC1OC(CO)C(O)C(O)C1O)NC(=O)CCCCCCCCCCCCCCCCCCCCCCCCCCCCCCCCCCCCC. The molecule has 0 spiro atoms. The smallest absolute Gasteiger partial charge is 0.220 e. The molecule has 0 aliphatic carbocycles. The highest BCUT2D eigenvalue weighted by molar-refractivity contribution is 5.76. The van der Waals surface area contributed by atoms with E-state index >= 15 is 0 Å². The molecule has 1 aliphatic rings. The number of aliphatic hydroxyl groups excluding tert-OH is 5. The van der Waals surface area contributed by atoms with Crippen LogP contribution in [0.4, 0.5) is 0 Å². The van der Waals surface area contributed by atoms with Crippen LogP contribution in [0.3, 0.4) is 0 Å². The molecular formula is C72H137NO8. The van der Waals surface area contributed by atoms with Crippen molar-refractivity contribution in [3.63, 3.8) is 0 Å². The topological polar surface area (TPSA) is 149 Å². The Bertz CT molecular complexity index is 1370. The molecule has 0 saturated carbocycles. The maximum Gasteiger partial charge on any atom is 0.220 e. The number of amides is 1. The first-order valence-electron chi connectivity index (χ1n) is 35.7. The number of carbonyl (C=O) groups excluding carboxylic acids is 1. The molecule has 1 saturated heterocycles. The van der Waals surface area contributed by atoms with Gasteiger partial charge >= 0.3 is 0 Å². The largest absolute Gasteiger partial charge is 0.394 e. The number of nitrogens with one attached hydrogen (secondary N) is 1. The highest BCUT2D eigenvalue weighted by Crippen LogP contribution is 2.23. The van der Waals surface area contributed by atoms with Crippen molar-refractivity contribution in [3.05, 3.63) is 36.5 Å². The summed E-state index contributed by atoms with van der Waals surface area (Å²) in [4.78, 5) is 13.1. The second-order valence-corrected chi connectivity index (χ2v) is 25.0. The van der Waals surface area contributed by atoms with Crippen molar-refractivity contribution in [2.24, 2.45) is 0 Å². The zero-order valence-electron chi connectivity index (χ0n) is 53.6.